The summed E-state index contributed by atoms with van der Waals surface area (Å²) in [5.41, 5.74) is 2.87. The van der Waals surface area contributed by atoms with Gasteiger partial charge >= 0.3 is 5.97 Å². The van der Waals surface area contributed by atoms with Crippen LogP contribution < -0.4 is 20.1 Å². The first-order valence-electron chi connectivity index (χ1n) is 18.8. The number of Topliss-reactive ketones (excluding diaryl/α,β-unsaturated/α-hetero) is 1. The standard InChI is InChI=1S/C42H52N4O8/c1-28(47)36-13-8-25-46(29(2)48)37(20-26-53-30(3)49)33-16-19-38-35(27-33)39(40(54-38)31-14-17-34(52-4)18-15-31)42(51)45(23-9-21-43-36)24-10-22-44-41(50)32-11-6-5-7-12-32/h5-7,11-12,14-19,27,36-37,39-40,43H,8-10,13,20-26H2,1-4H3,(H,44,50)/t36?,37-,39-,40+/m1/s1. The van der Waals surface area contributed by atoms with Crippen molar-refractivity contribution >= 4 is 29.5 Å². The average Bonchev–Trinajstić information content (AvgIpc) is 3.55. The van der Waals surface area contributed by atoms with E-state index in [0.29, 0.717) is 87.5 Å². The molecular formula is C42H52N4O8. The lowest BCUT2D eigenvalue weighted by Gasteiger charge is -2.33. The average molecular weight is 741 g/mol. The van der Waals surface area contributed by atoms with Gasteiger partial charge in [-0.25, -0.2) is 0 Å². The molecule has 2 aliphatic heterocycles. The van der Waals surface area contributed by atoms with E-state index in [9.17, 15) is 24.0 Å². The Labute approximate surface area is 317 Å². The molecule has 12 nitrogen and oxygen atoms in total. The first-order chi connectivity index (χ1) is 26.1. The molecule has 0 spiro atoms. The number of hydrogen-bond donors (Lipinski definition) is 2. The van der Waals surface area contributed by atoms with E-state index >= 15 is 0 Å². The summed E-state index contributed by atoms with van der Waals surface area (Å²) in [7, 11) is 1.60. The highest BCUT2D eigenvalue weighted by molar-refractivity contribution is 5.94. The van der Waals surface area contributed by atoms with Crippen molar-refractivity contribution in [2.45, 2.75) is 77.0 Å². The molecule has 2 bridgehead atoms. The smallest absolute Gasteiger partial charge is 0.302 e. The number of hydrogen-bond acceptors (Lipinski definition) is 9. The van der Waals surface area contributed by atoms with Gasteiger partial charge in [-0.3, -0.25) is 24.0 Å². The summed E-state index contributed by atoms with van der Waals surface area (Å²) < 4.78 is 17.3. The third-order valence-electron chi connectivity index (χ3n) is 10.1. The molecule has 0 aromatic heterocycles. The molecule has 2 N–H and O–H groups in total. The van der Waals surface area contributed by atoms with Crippen LogP contribution in [0.2, 0.25) is 0 Å². The van der Waals surface area contributed by atoms with Crippen molar-refractivity contribution in [2.24, 2.45) is 0 Å². The topological polar surface area (TPSA) is 144 Å². The van der Waals surface area contributed by atoms with Gasteiger partial charge in [0.2, 0.25) is 11.8 Å². The van der Waals surface area contributed by atoms with Gasteiger partial charge in [-0.05, 0) is 86.7 Å². The minimum atomic E-state index is -0.724. The summed E-state index contributed by atoms with van der Waals surface area (Å²) in [5.74, 6) is -0.337. The van der Waals surface area contributed by atoms with E-state index in [0.717, 1.165) is 11.1 Å². The number of ether oxygens (including phenoxy) is 3. The lowest BCUT2D eigenvalue weighted by atomic mass is 9.87. The Morgan fingerprint density at radius 3 is 2.35 bits per heavy atom. The molecule has 3 aromatic rings. The highest BCUT2D eigenvalue weighted by atomic mass is 16.5. The number of rotatable bonds is 11. The molecule has 0 saturated carbocycles. The van der Waals surface area contributed by atoms with Gasteiger partial charge in [-0.2, -0.15) is 0 Å². The van der Waals surface area contributed by atoms with Crippen molar-refractivity contribution in [3.63, 3.8) is 0 Å². The quantitative estimate of drug-likeness (QED) is 0.202. The van der Waals surface area contributed by atoms with Crippen molar-refractivity contribution < 1.29 is 38.2 Å². The fourth-order valence-corrected chi connectivity index (χ4v) is 7.31. The number of nitrogens with one attached hydrogen (secondary N) is 2. The Balaban J connectivity index is 1.52. The van der Waals surface area contributed by atoms with Crippen molar-refractivity contribution in [3.8, 4) is 11.5 Å². The van der Waals surface area contributed by atoms with Crippen molar-refractivity contribution in [2.75, 3.05) is 46.4 Å². The maximum absolute atomic E-state index is 15.0. The first-order valence-corrected chi connectivity index (χ1v) is 18.8. The third-order valence-corrected chi connectivity index (χ3v) is 10.1. The molecule has 0 fully saturated rings. The van der Waals surface area contributed by atoms with Gasteiger partial charge < -0.3 is 34.6 Å². The van der Waals surface area contributed by atoms with Crippen LogP contribution in [0.4, 0.5) is 0 Å². The zero-order valence-corrected chi connectivity index (χ0v) is 31.7. The van der Waals surface area contributed by atoms with Crippen LogP contribution in [0.15, 0.2) is 72.8 Å². The minimum Gasteiger partial charge on any atom is -0.497 e. The predicted molar refractivity (Wildman–Crippen MR) is 203 cm³/mol. The lowest BCUT2D eigenvalue weighted by molar-refractivity contribution is -0.141. The van der Waals surface area contributed by atoms with E-state index in [1.165, 1.54) is 13.8 Å². The number of carbonyl (C=O) groups excluding carboxylic acids is 5. The lowest BCUT2D eigenvalue weighted by Crippen LogP contribution is -2.42. The zero-order valence-electron chi connectivity index (χ0n) is 31.7. The van der Waals surface area contributed by atoms with Crippen LogP contribution in [0.5, 0.6) is 11.5 Å². The van der Waals surface area contributed by atoms with Crippen molar-refractivity contribution in [1.29, 1.82) is 0 Å². The van der Waals surface area contributed by atoms with Gasteiger partial charge in [-0.1, -0.05) is 36.4 Å². The van der Waals surface area contributed by atoms with Gasteiger partial charge in [-0.15, -0.1) is 0 Å². The van der Waals surface area contributed by atoms with Crippen LogP contribution in [0.1, 0.15) is 98.0 Å². The highest BCUT2D eigenvalue weighted by Crippen LogP contribution is 2.48. The summed E-state index contributed by atoms with van der Waals surface area (Å²) >= 11 is 0. The molecular weight excluding hydrogens is 688 g/mol. The van der Waals surface area contributed by atoms with Gasteiger partial charge in [0.1, 0.15) is 29.3 Å². The van der Waals surface area contributed by atoms with Crippen molar-refractivity contribution in [1.82, 2.24) is 20.4 Å². The summed E-state index contributed by atoms with van der Waals surface area (Å²) in [5, 5.41) is 6.35. The second-order valence-corrected chi connectivity index (χ2v) is 13.9. The van der Waals surface area contributed by atoms with E-state index in [4.69, 9.17) is 14.2 Å². The molecule has 12 heteroatoms. The molecule has 54 heavy (non-hydrogen) atoms. The van der Waals surface area contributed by atoms with E-state index < -0.39 is 30.1 Å². The normalized spacial score (nSPS) is 20.5. The Morgan fingerprint density at radius 1 is 0.926 bits per heavy atom. The SMILES string of the molecule is COc1ccc([C@@H]2Oc3ccc4cc3[C@H]2C(=O)N(CCCNC(=O)c2ccccc2)CCCNC(C(C)=O)CCCN(C(C)=O)[C@@H]4CCOC(C)=O)cc1. The number of carbonyl (C=O) groups is 5. The number of fused-ring (bicyclic) bond motifs is 1. The Hall–Kier alpha value is -5.23. The van der Waals surface area contributed by atoms with Crippen LogP contribution in [-0.4, -0.2) is 91.8 Å². The summed E-state index contributed by atoms with van der Waals surface area (Å²) in [6.45, 7) is 6.60. The predicted octanol–water partition coefficient (Wildman–Crippen LogP) is 5.14. The number of benzene rings is 3. The second kappa shape index (κ2) is 19.2. The van der Waals surface area contributed by atoms with Gasteiger partial charge in [0.25, 0.3) is 5.91 Å². The number of ketones is 1. The van der Waals surface area contributed by atoms with Crippen LogP contribution in [0.3, 0.4) is 0 Å². The van der Waals surface area contributed by atoms with Gasteiger partial charge in [0.15, 0.2) is 0 Å². The molecule has 2 heterocycles. The van der Waals surface area contributed by atoms with E-state index in [1.54, 1.807) is 31.1 Å². The molecule has 5 rings (SSSR count). The fourth-order valence-electron chi connectivity index (χ4n) is 7.31. The van der Waals surface area contributed by atoms with E-state index in [1.807, 2.05) is 65.6 Å². The second-order valence-electron chi connectivity index (χ2n) is 13.9. The van der Waals surface area contributed by atoms with Gasteiger partial charge in [0.05, 0.1) is 25.8 Å². The Kier molecular flexibility index (Phi) is 14.2. The third kappa shape index (κ3) is 10.2. The zero-order chi connectivity index (χ0) is 38.6. The van der Waals surface area contributed by atoms with Crippen LogP contribution in [0, 0.1) is 0 Å². The monoisotopic (exact) mass is 740 g/mol. The summed E-state index contributed by atoms with van der Waals surface area (Å²) in [6.07, 6.45) is 1.93. The highest BCUT2D eigenvalue weighted by Gasteiger charge is 2.43. The number of esters is 1. The Morgan fingerprint density at radius 2 is 1.67 bits per heavy atom. The minimum absolute atomic E-state index is 0.00431. The summed E-state index contributed by atoms with van der Waals surface area (Å²) in [6, 6.07) is 21.3. The molecule has 0 saturated heterocycles. The van der Waals surface area contributed by atoms with Crippen LogP contribution >= 0.6 is 0 Å². The van der Waals surface area contributed by atoms with Crippen molar-refractivity contribution in [3.05, 3.63) is 95.1 Å². The van der Waals surface area contributed by atoms with E-state index in [2.05, 4.69) is 10.6 Å². The van der Waals surface area contributed by atoms with Gasteiger partial charge in [0, 0.05) is 57.6 Å². The van der Waals surface area contributed by atoms with Crippen LogP contribution in [-0.2, 0) is 23.9 Å². The molecule has 3 amide bonds. The first kappa shape index (κ1) is 40.0. The Bertz CT molecular complexity index is 1770. The maximum atomic E-state index is 15.0. The molecule has 3 aromatic carbocycles. The number of methoxy groups -OCH3 is 1. The molecule has 1 unspecified atom stereocenters. The molecule has 4 atom stereocenters. The summed E-state index contributed by atoms with van der Waals surface area (Å²) in [4.78, 5) is 69.0. The van der Waals surface area contributed by atoms with E-state index in [-0.39, 0.29) is 30.1 Å². The van der Waals surface area contributed by atoms with Crippen LogP contribution in [0.25, 0.3) is 0 Å². The maximum Gasteiger partial charge on any atom is 0.302 e. The number of amides is 3. The molecule has 288 valence electrons. The molecule has 0 aliphatic carbocycles. The molecule has 2 aliphatic rings. The fraction of sp³-hybridized carbons (Fsp3) is 0.452. The number of nitrogens with zero attached hydrogens (tertiary/aromatic N) is 2. The molecule has 0 radical (unpaired) electrons. The largest absolute Gasteiger partial charge is 0.497 e.